The van der Waals surface area contributed by atoms with E-state index in [0.29, 0.717) is 33.0 Å². The number of ether oxygens (including phenoxy) is 3. The molecule has 36 heavy (non-hydrogen) atoms. The van der Waals surface area contributed by atoms with Crippen LogP contribution >= 0.6 is 0 Å². The first-order chi connectivity index (χ1) is 17.8. The lowest BCUT2D eigenvalue weighted by Crippen LogP contribution is -2.41. The number of hydrogen-bond donors (Lipinski definition) is 0. The molecule has 5 nitrogen and oxygen atoms in total. The average molecular weight is 484 g/mol. The van der Waals surface area contributed by atoms with Crippen molar-refractivity contribution in [3.05, 3.63) is 132 Å². The standard InChI is InChI=1S/C31H33NO4/c1-4-11-25(12-5-1)21-33-24-29-31(36-23-27-15-8-3-9-16-27)30(35-22-26-13-6-2-7-14-26)20-32(29)19-28-17-10-18-34-28/h1-18,29-31H,19-24H2/t29-,30+,31+/m0/s1. The Morgan fingerprint density at radius 2 is 1.25 bits per heavy atom. The van der Waals surface area contributed by atoms with Crippen LogP contribution in [0.25, 0.3) is 0 Å². The van der Waals surface area contributed by atoms with Gasteiger partial charge in [0, 0.05) is 6.54 Å². The van der Waals surface area contributed by atoms with Gasteiger partial charge >= 0.3 is 0 Å². The molecular weight excluding hydrogens is 450 g/mol. The summed E-state index contributed by atoms with van der Waals surface area (Å²) in [6.07, 6.45) is 1.49. The molecule has 1 aliphatic rings. The summed E-state index contributed by atoms with van der Waals surface area (Å²) >= 11 is 0. The molecule has 0 aliphatic carbocycles. The van der Waals surface area contributed by atoms with Gasteiger partial charge in [-0.2, -0.15) is 0 Å². The lowest BCUT2D eigenvalue weighted by molar-refractivity contribution is -0.0820. The Labute approximate surface area is 213 Å². The van der Waals surface area contributed by atoms with Crippen molar-refractivity contribution in [1.29, 1.82) is 0 Å². The van der Waals surface area contributed by atoms with Gasteiger partial charge in [0.2, 0.25) is 0 Å². The Hall–Kier alpha value is -3.22. The lowest BCUT2D eigenvalue weighted by atomic mass is 10.1. The topological polar surface area (TPSA) is 44.1 Å². The average Bonchev–Trinajstić information content (AvgIpc) is 3.56. The number of rotatable bonds is 12. The number of benzene rings is 3. The molecule has 0 amide bonds. The first-order valence-electron chi connectivity index (χ1n) is 12.5. The van der Waals surface area contributed by atoms with Gasteiger partial charge in [-0.25, -0.2) is 0 Å². The van der Waals surface area contributed by atoms with E-state index in [2.05, 4.69) is 41.3 Å². The summed E-state index contributed by atoms with van der Waals surface area (Å²) in [6.45, 7) is 3.60. The molecule has 0 unspecified atom stereocenters. The van der Waals surface area contributed by atoms with Crippen molar-refractivity contribution in [1.82, 2.24) is 4.90 Å². The highest BCUT2D eigenvalue weighted by Crippen LogP contribution is 2.28. The molecule has 186 valence electrons. The fraction of sp³-hybridized carbons (Fsp3) is 0.290. The summed E-state index contributed by atoms with van der Waals surface area (Å²) in [5.74, 6) is 0.925. The van der Waals surface area contributed by atoms with Gasteiger partial charge in [-0.15, -0.1) is 0 Å². The molecule has 0 bridgehead atoms. The van der Waals surface area contributed by atoms with E-state index in [-0.39, 0.29) is 18.2 Å². The van der Waals surface area contributed by atoms with Crippen LogP contribution in [0.3, 0.4) is 0 Å². The third kappa shape index (κ3) is 6.71. The largest absolute Gasteiger partial charge is 0.468 e. The maximum Gasteiger partial charge on any atom is 0.117 e. The Balaban J connectivity index is 1.32. The van der Waals surface area contributed by atoms with Crippen molar-refractivity contribution in [2.75, 3.05) is 13.2 Å². The Morgan fingerprint density at radius 1 is 0.667 bits per heavy atom. The summed E-state index contributed by atoms with van der Waals surface area (Å²) in [5.41, 5.74) is 3.46. The zero-order valence-corrected chi connectivity index (χ0v) is 20.4. The second kappa shape index (κ2) is 12.7. The maximum absolute atomic E-state index is 6.58. The molecule has 3 atom stereocenters. The lowest BCUT2D eigenvalue weighted by Gasteiger charge is -2.28. The molecule has 0 N–H and O–H groups in total. The Kier molecular flexibility index (Phi) is 8.60. The fourth-order valence-electron chi connectivity index (χ4n) is 4.69. The fourth-order valence-corrected chi connectivity index (χ4v) is 4.69. The molecule has 1 fully saturated rings. The third-order valence-corrected chi connectivity index (χ3v) is 6.56. The van der Waals surface area contributed by atoms with Gasteiger partial charge in [-0.1, -0.05) is 91.0 Å². The Bertz CT molecular complexity index is 1140. The van der Waals surface area contributed by atoms with Crippen molar-refractivity contribution < 1.29 is 18.6 Å². The highest BCUT2D eigenvalue weighted by atomic mass is 16.5. The third-order valence-electron chi connectivity index (χ3n) is 6.56. The van der Waals surface area contributed by atoms with Crippen LogP contribution in [0.15, 0.2) is 114 Å². The summed E-state index contributed by atoms with van der Waals surface area (Å²) < 4.78 is 25.0. The van der Waals surface area contributed by atoms with Crippen LogP contribution < -0.4 is 0 Å². The predicted molar refractivity (Wildman–Crippen MR) is 139 cm³/mol. The van der Waals surface area contributed by atoms with E-state index in [9.17, 15) is 0 Å². The van der Waals surface area contributed by atoms with Crippen LogP contribution in [0, 0.1) is 0 Å². The number of likely N-dealkylation sites (tertiary alicyclic amines) is 1. The van der Waals surface area contributed by atoms with Gasteiger partial charge in [-0.3, -0.25) is 4.90 Å². The zero-order chi connectivity index (χ0) is 24.4. The quantitative estimate of drug-likeness (QED) is 0.253. The highest BCUT2D eigenvalue weighted by molar-refractivity contribution is 5.15. The van der Waals surface area contributed by atoms with Gasteiger partial charge in [0.05, 0.1) is 51.4 Å². The molecule has 2 heterocycles. The van der Waals surface area contributed by atoms with E-state index in [1.54, 1.807) is 6.26 Å². The monoisotopic (exact) mass is 483 g/mol. The second-order valence-electron chi connectivity index (χ2n) is 9.17. The van der Waals surface area contributed by atoms with E-state index < -0.39 is 0 Å². The predicted octanol–water partition coefficient (Wildman–Crippen LogP) is 5.85. The molecular formula is C31H33NO4. The van der Waals surface area contributed by atoms with E-state index in [4.69, 9.17) is 18.6 Å². The van der Waals surface area contributed by atoms with Crippen LogP contribution in [0.2, 0.25) is 0 Å². The summed E-state index contributed by atoms with van der Waals surface area (Å²) in [6, 6.07) is 34.8. The SMILES string of the molecule is c1ccc(COC[C@H]2[C@@H](OCc3ccccc3)[C@H](OCc3ccccc3)CN2Cc2ccco2)cc1. The van der Waals surface area contributed by atoms with Gasteiger partial charge in [0.1, 0.15) is 11.9 Å². The van der Waals surface area contributed by atoms with Crippen LogP contribution in [-0.4, -0.2) is 36.3 Å². The molecule has 5 heteroatoms. The van der Waals surface area contributed by atoms with Crippen LogP contribution in [0.5, 0.6) is 0 Å². The molecule has 0 spiro atoms. The van der Waals surface area contributed by atoms with Crippen LogP contribution in [-0.2, 0) is 40.6 Å². The van der Waals surface area contributed by atoms with E-state index in [1.807, 2.05) is 66.7 Å². The van der Waals surface area contributed by atoms with Gasteiger partial charge < -0.3 is 18.6 Å². The van der Waals surface area contributed by atoms with Gasteiger partial charge in [-0.05, 0) is 28.8 Å². The minimum Gasteiger partial charge on any atom is -0.468 e. The van der Waals surface area contributed by atoms with E-state index in [0.717, 1.165) is 29.0 Å². The number of furan rings is 1. The molecule has 3 aromatic carbocycles. The molecule has 4 aromatic rings. The van der Waals surface area contributed by atoms with Crippen LogP contribution in [0.4, 0.5) is 0 Å². The molecule has 1 saturated heterocycles. The normalized spacial score (nSPS) is 20.1. The van der Waals surface area contributed by atoms with Crippen molar-refractivity contribution in [2.24, 2.45) is 0 Å². The first kappa shape index (κ1) is 24.5. The number of hydrogen-bond acceptors (Lipinski definition) is 5. The maximum atomic E-state index is 6.58. The second-order valence-corrected chi connectivity index (χ2v) is 9.17. The van der Waals surface area contributed by atoms with Crippen molar-refractivity contribution >= 4 is 0 Å². The van der Waals surface area contributed by atoms with Crippen molar-refractivity contribution in [3.8, 4) is 0 Å². The zero-order valence-electron chi connectivity index (χ0n) is 20.4. The molecule has 0 saturated carbocycles. The van der Waals surface area contributed by atoms with Crippen molar-refractivity contribution in [3.63, 3.8) is 0 Å². The van der Waals surface area contributed by atoms with Crippen LogP contribution in [0.1, 0.15) is 22.5 Å². The first-order valence-corrected chi connectivity index (χ1v) is 12.5. The van der Waals surface area contributed by atoms with E-state index >= 15 is 0 Å². The number of nitrogens with zero attached hydrogens (tertiary/aromatic N) is 1. The molecule has 1 aromatic heterocycles. The highest BCUT2D eigenvalue weighted by Gasteiger charge is 2.43. The molecule has 0 radical (unpaired) electrons. The van der Waals surface area contributed by atoms with Crippen molar-refractivity contribution in [2.45, 2.75) is 44.6 Å². The summed E-state index contributed by atoms with van der Waals surface area (Å²) in [7, 11) is 0. The van der Waals surface area contributed by atoms with E-state index in [1.165, 1.54) is 0 Å². The van der Waals surface area contributed by atoms with Gasteiger partial charge in [0.25, 0.3) is 0 Å². The summed E-state index contributed by atoms with van der Waals surface area (Å²) in [4.78, 5) is 2.37. The Morgan fingerprint density at radius 3 is 1.83 bits per heavy atom. The summed E-state index contributed by atoms with van der Waals surface area (Å²) in [5, 5.41) is 0. The molecule has 5 rings (SSSR count). The molecule has 1 aliphatic heterocycles. The minimum absolute atomic E-state index is 0.0308. The smallest absolute Gasteiger partial charge is 0.117 e. The minimum atomic E-state index is -0.139. The van der Waals surface area contributed by atoms with Gasteiger partial charge in [0.15, 0.2) is 0 Å².